The van der Waals surface area contributed by atoms with Crippen LogP contribution in [0.5, 0.6) is 11.5 Å². The molecule has 3 aromatic rings. The molecule has 7 heteroatoms. The summed E-state index contributed by atoms with van der Waals surface area (Å²) in [5.41, 5.74) is 3.46. The summed E-state index contributed by atoms with van der Waals surface area (Å²) in [5.74, 6) is 1.09. The lowest BCUT2D eigenvalue weighted by atomic mass is 10.0. The molecule has 0 aliphatic rings. The first-order chi connectivity index (χ1) is 14.3. The van der Waals surface area contributed by atoms with E-state index in [-0.39, 0.29) is 11.7 Å². The quantitative estimate of drug-likeness (QED) is 0.614. The summed E-state index contributed by atoms with van der Waals surface area (Å²) in [6.45, 7) is 0. The van der Waals surface area contributed by atoms with Gasteiger partial charge in [0, 0.05) is 23.1 Å². The molecule has 1 amide bonds. The molecule has 3 rings (SSSR count). The van der Waals surface area contributed by atoms with Gasteiger partial charge >= 0.3 is 0 Å². The van der Waals surface area contributed by atoms with E-state index in [1.807, 2.05) is 30.3 Å². The summed E-state index contributed by atoms with van der Waals surface area (Å²) in [7, 11) is 0.0851. The highest BCUT2D eigenvalue weighted by Crippen LogP contribution is 2.33. The van der Waals surface area contributed by atoms with Crippen molar-refractivity contribution >= 4 is 21.4 Å². The van der Waals surface area contributed by atoms with Crippen LogP contribution in [-0.2, 0) is 15.6 Å². The van der Waals surface area contributed by atoms with Crippen LogP contribution in [0.25, 0.3) is 11.1 Å². The lowest BCUT2D eigenvalue weighted by Crippen LogP contribution is -2.12. The smallest absolute Gasteiger partial charge is 0.255 e. The van der Waals surface area contributed by atoms with Crippen LogP contribution < -0.4 is 14.8 Å². The van der Waals surface area contributed by atoms with E-state index in [1.165, 1.54) is 6.26 Å². The van der Waals surface area contributed by atoms with Gasteiger partial charge in [0.25, 0.3) is 5.91 Å². The van der Waals surface area contributed by atoms with Crippen molar-refractivity contribution in [3.05, 3.63) is 77.9 Å². The van der Waals surface area contributed by atoms with Gasteiger partial charge in [-0.15, -0.1) is 0 Å². The fourth-order valence-electron chi connectivity index (χ4n) is 3.04. The Balaban J connectivity index is 1.81. The SMILES string of the molecule is COc1ccc(-c2cc(NC(=O)c3ccc(CS(C)(=O)=O)cc3)ccc2OC)cc1. The van der Waals surface area contributed by atoms with Gasteiger partial charge in [-0.2, -0.15) is 0 Å². The lowest BCUT2D eigenvalue weighted by molar-refractivity contribution is 0.102. The largest absolute Gasteiger partial charge is 0.497 e. The third-order valence-electron chi connectivity index (χ3n) is 4.50. The Morgan fingerprint density at radius 1 is 0.900 bits per heavy atom. The van der Waals surface area contributed by atoms with Gasteiger partial charge in [0.2, 0.25) is 0 Å². The molecule has 3 aromatic carbocycles. The fourth-order valence-corrected chi connectivity index (χ4v) is 3.84. The standard InChI is InChI=1S/C23H23NO5S/c1-28-20-11-8-17(9-12-20)21-14-19(10-13-22(21)29-2)24-23(25)18-6-4-16(5-7-18)15-30(3,26)27/h4-14H,15H2,1-3H3,(H,24,25). The summed E-state index contributed by atoms with van der Waals surface area (Å²) >= 11 is 0. The molecule has 6 nitrogen and oxygen atoms in total. The minimum atomic E-state index is -3.12. The van der Waals surface area contributed by atoms with Crippen LogP contribution >= 0.6 is 0 Å². The summed E-state index contributed by atoms with van der Waals surface area (Å²) in [6.07, 6.45) is 1.18. The first kappa shape index (κ1) is 21.4. The zero-order valence-electron chi connectivity index (χ0n) is 17.0. The van der Waals surface area contributed by atoms with Crippen LogP contribution in [0, 0.1) is 0 Å². The average Bonchev–Trinajstić information content (AvgIpc) is 2.73. The zero-order chi connectivity index (χ0) is 21.7. The second-order valence-corrected chi connectivity index (χ2v) is 9.00. The maximum absolute atomic E-state index is 12.6. The molecule has 0 aromatic heterocycles. The molecule has 30 heavy (non-hydrogen) atoms. The summed E-state index contributed by atoms with van der Waals surface area (Å²) in [5, 5.41) is 2.87. The number of carbonyl (C=O) groups is 1. The van der Waals surface area contributed by atoms with E-state index in [4.69, 9.17) is 9.47 Å². The molecule has 0 atom stereocenters. The van der Waals surface area contributed by atoms with Crippen LogP contribution in [0.2, 0.25) is 0 Å². The molecule has 0 fully saturated rings. The summed E-state index contributed by atoms with van der Waals surface area (Å²) in [4.78, 5) is 12.6. The highest BCUT2D eigenvalue weighted by molar-refractivity contribution is 7.89. The first-order valence-electron chi connectivity index (χ1n) is 9.19. The number of amides is 1. The second kappa shape index (κ2) is 9.00. The molecule has 0 spiro atoms. The van der Waals surface area contributed by atoms with Crippen molar-refractivity contribution in [1.29, 1.82) is 0 Å². The van der Waals surface area contributed by atoms with Crippen LogP contribution in [0.3, 0.4) is 0 Å². The number of benzene rings is 3. The molecule has 0 aliphatic heterocycles. The average molecular weight is 426 g/mol. The maximum Gasteiger partial charge on any atom is 0.255 e. The Bertz CT molecular complexity index is 1140. The van der Waals surface area contributed by atoms with Gasteiger partial charge in [-0.1, -0.05) is 24.3 Å². The number of anilines is 1. The summed E-state index contributed by atoms with van der Waals surface area (Å²) in [6, 6.07) is 19.5. The summed E-state index contributed by atoms with van der Waals surface area (Å²) < 4.78 is 33.5. The third kappa shape index (κ3) is 5.39. The minimum Gasteiger partial charge on any atom is -0.497 e. The Labute approximate surface area is 176 Å². The molecular formula is C23H23NO5S. The van der Waals surface area contributed by atoms with Gasteiger partial charge in [-0.3, -0.25) is 4.79 Å². The van der Waals surface area contributed by atoms with E-state index in [0.29, 0.717) is 22.6 Å². The minimum absolute atomic E-state index is 0.0569. The Hall–Kier alpha value is -3.32. The number of sulfone groups is 1. The predicted octanol–water partition coefficient (Wildman–Crippen LogP) is 4.17. The van der Waals surface area contributed by atoms with Crippen LogP contribution in [-0.4, -0.2) is 34.8 Å². The molecular weight excluding hydrogens is 402 g/mol. The van der Waals surface area contributed by atoms with Gasteiger partial charge in [0.15, 0.2) is 9.84 Å². The van der Waals surface area contributed by atoms with Crippen molar-refractivity contribution in [3.63, 3.8) is 0 Å². The highest BCUT2D eigenvalue weighted by atomic mass is 32.2. The van der Waals surface area contributed by atoms with Crippen molar-refractivity contribution in [1.82, 2.24) is 0 Å². The lowest BCUT2D eigenvalue weighted by Gasteiger charge is -2.13. The monoisotopic (exact) mass is 425 g/mol. The third-order valence-corrected chi connectivity index (χ3v) is 5.36. The first-order valence-corrected chi connectivity index (χ1v) is 11.3. The van der Waals surface area contributed by atoms with E-state index in [0.717, 1.165) is 16.9 Å². The van der Waals surface area contributed by atoms with Crippen molar-refractivity contribution in [2.75, 3.05) is 25.8 Å². The van der Waals surface area contributed by atoms with E-state index in [1.54, 1.807) is 50.6 Å². The molecule has 0 radical (unpaired) electrons. The number of nitrogens with one attached hydrogen (secondary N) is 1. The second-order valence-electron chi connectivity index (χ2n) is 6.86. The molecule has 0 aliphatic carbocycles. The Kier molecular flexibility index (Phi) is 6.42. The van der Waals surface area contributed by atoms with Crippen LogP contribution in [0.1, 0.15) is 15.9 Å². The molecule has 0 saturated carbocycles. The van der Waals surface area contributed by atoms with Gasteiger partial charge in [-0.25, -0.2) is 8.42 Å². The normalized spacial score (nSPS) is 11.0. The van der Waals surface area contributed by atoms with Gasteiger partial charge in [0.1, 0.15) is 11.5 Å². The molecule has 0 heterocycles. The van der Waals surface area contributed by atoms with Crippen molar-refractivity contribution in [2.45, 2.75) is 5.75 Å². The van der Waals surface area contributed by atoms with Gasteiger partial charge in [-0.05, 0) is 53.6 Å². The fraction of sp³-hybridized carbons (Fsp3) is 0.174. The topological polar surface area (TPSA) is 81.7 Å². The highest BCUT2D eigenvalue weighted by Gasteiger charge is 2.12. The number of methoxy groups -OCH3 is 2. The van der Waals surface area contributed by atoms with Crippen molar-refractivity contribution in [3.8, 4) is 22.6 Å². The molecule has 0 bridgehead atoms. The molecule has 156 valence electrons. The van der Waals surface area contributed by atoms with Gasteiger partial charge in [0.05, 0.1) is 20.0 Å². The predicted molar refractivity (Wildman–Crippen MR) is 118 cm³/mol. The Morgan fingerprint density at radius 3 is 2.13 bits per heavy atom. The van der Waals surface area contributed by atoms with Crippen molar-refractivity contribution in [2.24, 2.45) is 0 Å². The van der Waals surface area contributed by atoms with Gasteiger partial charge < -0.3 is 14.8 Å². The number of hydrogen-bond acceptors (Lipinski definition) is 5. The Morgan fingerprint density at radius 2 is 1.57 bits per heavy atom. The molecule has 1 N–H and O–H groups in total. The number of rotatable bonds is 7. The number of hydrogen-bond donors (Lipinski definition) is 1. The molecule has 0 unspecified atom stereocenters. The van der Waals surface area contributed by atoms with E-state index in [9.17, 15) is 13.2 Å². The van der Waals surface area contributed by atoms with E-state index < -0.39 is 9.84 Å². The zero-order valence-corrected chi connectivity index (χ0v) is 17.8. The van der Waals surface area contributed by atoms with Crippen molar-refractivity contribution < 1.29 is 22.7 Å². The van der Waals surface area contributed by atoms with E-state index in [2.05, 4.69) is 5.32 Å². The maximum atomic E-state index is 12.6. The van der Waals surface area contributed by atoms with Crippen LogP contribution in [0.15, 0.2) is 66.7 Å². The molecule has 0 saturated heterocycles. The van der Waals surface area contributed by atoms with Crippen LogP contribution in [0.4, 0.5) is 5.69 Å². The number of carbonyl (C=O) groups excluding carboxylic acids is 1. The number of ether oxygens (including phenoxy) is 2. The van der Waals surface area contributed by atoms with E-state index >= 15 is 0 Å².